The molecular formula is C24H21N3O3. The molecule has 0 saturated heterocycles. The fraction of sp³-hybridized carbons (Fsp3) is 0.125. The summed E-state index contributed by atoms with van der Waals surface area (Å²) in [6.07, 6.45) is 0. The number of aryl methyl sites for hydroxylation is 1. The van der Waals surface area contributed by atoms with Crippen LogP contribution in [0.25, 0.3) is 22.8 Å². The lowest BCUT2D eigenvalue weighted by Gasteiger charge is -2.09. The lowest BCUT2D eigenvalue weighted by Crippen LogP contribution is -2.28. The second kappa shape index (κ2) is 9.05. The molecule has 1 heterocycles. The summed E-state index contributed by atoms with van der Waals surface area (Å²) in [7, 11) is 0. The first-order valence-electron chi connectivity index (χ1n) is 9.62. The molecule has 3 aromatic carbocycles. The molecular weight excluding hydrogens is 378 g/mol. The molecule has 0 radical (unpaired) electrons. The van der Waals surface area contributed by atoms with E-state index < -0.39 is 0 Å². The topological polar surface area (TPSA) is 77.2 Å². The monoisotopic (exact) mass is 399 g/mol. The number of amides is 1. The highest BCUT2D eigenvalue weighted by molar-refractivity contribution is 5.78. The highest BCUT2D eigenvalue weighted by Gasteiger charge is 2.15. The van der Waals surface area contributed by atoms with E-state index in [0.717, 1.165) is 16.7 Å². The number of nitrogens with zero attached hydrogens (tertiary/aromatic N) is 2. The Morgan fingerprint density at radius 2 is 1.80 bits per heavy atom. The van der Waals surface area contributed by atoms with Crippen LogP contribution in [0.4, 0.5) is 0 Å². The van der Waals surface area contributed by atoms with Gasteiger partial charge in [-0.15, -0.1) is 0 Å². The Kier molecular flexibility index (Phi) is 5.85. The number of ether oxygens (including phenoxy) is 1. The quantitative estimate of drug-likeness (QED) is 0.498. The van der Waals surface area contributed by atoms with Crippen LogP contribution in [0, 0.1) is 6.92 Å². The minimum atomic E-state index is -0.209. The predicted octanol–water partition coefficient (Wildman–Crippen LogP) is 4.41. The molecule has 0 unspecified atom stereocenters. The third kappa shape index (κ3) is 4.72. The van der Waals surface area contributed by atoms with E-state index in [4.69, 9.17) is 9.26 Å². The molecule has 1 N–H and O–H groups in total. The average Bonchev–Trinajstić information content (AvgIpc) is 3.27. The number of hydrogen-bond donors (Lipinski definition) is 1. The van der Waals surface area contributed by atoms with Crippen molar-refractivity contribution in [1.82, 2.24) is 15.5 Å². The average molecular weight is 399 g/mol. The largest absolute Gasteiger partial charge is 0.483 e. The highest BCUT2D eigenvalue weighted by atomic mass is 16.5. The van der Waals surface area contributed by atoms with E-state index in [1.54, 1.807) is 6.07 Å². The number of carbonyl (C=O) groups excluding carboxylic acids is 1. The Morgan fingerprint density at radius 3 is 2.63 bits per heavy atom. The highest BCUT2D eigenvalue weighted by Crippen LogP contribution is 2.30. The number of nitrogens with one attached hydrogen (secondary N) is 1. The van der Waals surface area contributed by atoms with Crippen molar-refractivity contribution in [2.24, 2.45) is 0 Å². The summed E-state index contributed by atoms with van der Waals surface area (Å²) in [6, 6.07) is 24.9. The van der Waals surface area contributed by atoms with Gasteiger partial charge in [0.15, 0.2) is 6.61 Å². The summed E-state index contributed by atoms with van der Waals surface area (Å²) in [5, 5.41) is 6.93. The van der Waals surface area contributed by atoms with Crippen molar-refractivity contribution in [2.45, 2.75) is 13.5 Å². The van der Waals surface area contributed by atoms with Gasteiger partial charge < -0.3 is 14.6 Å². The van der Waals surface area contributed by atoms with Gasteiger partial charge >= 0.3 is 0 Å². The molecule has 6 heteroatoms. The molecule has 6 nitrogen and oxygen atoms in total. The van der Waals surface area contributed by atoms with E-state index in [9.17, 15) is 4.79 Å². The van der Waals surface area contributed by atoms with Gasteiger partial charge in [-0.1, -0.05) is 71.4 Å². The summed E-state index contributed by atoms with van der Waals surface area (Å²) in [5.74, 6) is 1.14. The first-order chi connectivity index (χ1) is 14.7. The Labute approximate surface area is 174 Å². The van der Waals surface area contributed by atoms with E-state index in [2.05, 4.69) is 15.5 Å². The van der Waals surface area contributed by atoms with Gasteiger partial charge in [-0.2, -0.15) is 4.98 Å². The number of hydrogen-bond acceptors (Lipinski definition) is 5. The lowest BCUT2D eigenvalue weighted by atomic mass is 10.1. The van der Waals surface area contributed by atoms with Crippen molar-refractivity contribution < 1.29 is 14.1 Å². The summed E-state index contributed by atoms with van der Waals surface area (Å²) in [5.41, 5.74) is 3.66. The zero-order valence-corrected chi connectivity index (χ0v) is 16.5. The van der Waals surface area contributed by atoms with E-state index >= 15 is 0 Å². The van der Waals surface area contributed by atoms with Crippen LogP contribution < -0.4 is 10.1 Å². The number of aromatic nitrogens is 2. The van der Waals surface area contributed by atoms with E-state index in [1.165, 1.54) is 0 Å². The summed E-state index contributed by atoms with van der Waals surface area (Å²) in [6.45, 7) is 2.35. The molecule has 0 fully saturated rings. The maximum atomic E-state index is 12.2. The van der Waals surface area contributed by atoms with E-state index in [1.807, 2.05) is 79.7 Å². The molecule has 1 aromatic heterocycles. The van der Waals surface area contributed by atoms with Crippen LogP contribution in [0.5, 0.6) is 5.75 Å². The second-order valence-corrected chi connectivity index (χ2v) is 6.84. The molecule has 0 spiro atoms. The Bertz CT molecular complexity index is 1140. The van der Waals surface area contributed by atoms with Crippen LogP contribution in [-0.4, -0.2) is 22.7 Å². The van der Waals surface area contributed by atoms with Gasteiger partial charge in [0, 0.05) is 12.1 Å². The zero-order valence-electron chi connectivity index (χ0n) is 16.5. The fourth-order valence-electron chi connectivity index (χ4n) is 2.99. The van der Waals surface area contributed by atoms with Crippen LogP contribution >= 0.6 is 0 Å². The third-order valence-corrected chi connectivity index (χ3v) is 4.51. The van der Waals surface area contributed by atoms with Crippen molar-refractivity contribution >= 4 is 5.91 Å². The SMILES string of the molecule is Cc1cccc(-c2noc(-c3ccccc3OCC(=O)NCc3ccccc3)n2)c1. The maximum Gasteiger partial charge on any atom is 0.262 e. The van der Waals surface area contributed by atoms with Crippen molar-refractivity contribution in [2.75, 3.05) is 6.61 Å². The molecule has 0 saturated carbocycles. The van der Waals surface area contributed by atoms with E-state index in [-0.39, 0.29) is 12.5 Å². The molecule has 4 aromatic rings. The Morgan fingerprint density at radius 1 is 1.00 bits per heavy atom. The Hall–Kier alpha value is -3.93. The van der Waals surface area contributed by atoms with Gasteiger partial charge in [0.2, 0.25) is 5.82 Å². The van der Waals surface area contributed by atoms with Crippen molar-refractivity contribution in [3.63, 3.8) is 0 Å². The Balaban J connectivity index is 1.43. The molecule has 0 atom stereocenters. The number of rotatable bonds is 7. The van der Waals surface area contributed by atoms with Crippen molar-refractivity contribution in [3.8, 4) is 28.6 Å². The molecule has 1 amide bonds. The summed E-state index contributed by atoms with van der Waals surface area (Å²) >= 11 is 0. The smallest absolute Gasteiger partial charge is 0.262 e. The van der Waals surface area contributed by atoms with Crippen LogP contribution in [0.1, 0.15) is 11.1 Å². The molecule has 4 rings (SSSR count). The minimum absolute atomic E-state index is 0.108. The molecule has 0 aliphatic carbocycles. The molecule has 150 valence electrons. The molecule has 30 heavy (non-hydrogen) atoms. The third-order valence-electron chi connectivity index (χ3n) is 4.51. The molecule has 0 aliphatic heterocycles. The van der Waals surface area contributed by atoms with Gasteiger partial charge in [0.05, 0.1) is 5.56 Å². The lowest BCUT2D eigenvalue weighted by molar-refractivity contribution is -0.123. The normalized spacial score (nSPS) is 10.6. The van der Waals surface area contributed by atoms with Crippen molar-refractivity contribution in [3.05, 3.63) is 90.0 Å². The van der Waals surface area contributed by atoms with Crippen LogP contribution in [0.3, 0.4) is 0 Å². The summed E-state index contributed by atoms with van der Waals surface area (Å²) < 4.78 is 11.2. The zero-order chi connectivity index (χ0) is 20.8. The van der Waals surface area contributed by atoms with Gasteiger partial charge in [-0.05, 0) is 30.7 Å². The standard InChI is InChI=1S/C24H21N3O3/c1-17-8-7-11-19(14-17)23-26-24(30-27-23)20-12-5-6-13-21(20)29-16-22(28)25-15-18-9-3-2-4-10-18/h2-14H,15-16H2,1H3,(H,25,28). The van der Waals surface area contributed by atoms with Gasteiger partial charge in [-0.3, -0.25) is 4.79 Å². The van der Waals surface area contributed by atoms with Gasteiger partial charge in [-0.25, -0.2) is 0 Å². The van der Waals surface area contributed by atoms with Crippen LogP contribution in [0.15, 0.2) is 83.4 Å². The maximum absolute atomic E-state index is 12.2. The summed E-state index contributed by atoms with van der Waals surface area (Å²) in [4.78, 5) is 16.7. The number of carbonyl (C=O) groups is 1. The van der Waals surface area contributed by atoms with Crippen LogP contribution in [-0.2, 0) is 11.3 Å². The second-order valence-electron chi connectivity index (χ2n) is 6.84. The van der Waals surface area contributed by atoms with Gasteiger partial charge in [0.1, 0.15) is 5.75 Å². The van der Waals surface area contributed by atoms with Gasteiger partial charge in [0.25, 0.3) is 11.8 Å². The number of para-hydroxylation sites is 1. The minimum Gasteiger partial charge on any atom is -0.483 e. The number of benzene rings is 3. The first kappa shape index (κ1) is 19.4. The fourth-order valence-corrected chi connectivity index (χ4v) is 2.99. The van der Waals surface area contributed by atoms with Crippen molar-refractivity contribution in [1.29, 1.82) is 0 Å². The first-order valence-corrected chi connectivity index (χ1v) is 9.62. The van der Waals surface area contributed by atoms with E-state index in [0.29, 0.717) is 29.6 Å². The molecule has 0 aliphatic rings. The molecule has 0 bridgehead atoms. The predicted molar refractivity (Wildman–Crippen MR) is 114 cm³/mol. The van der Waals surface area contributed by atoms with Crippen LogP contribution in [0.2, 0.25) is 0 Å².